The van der Waals surface area contributed by atoms with Gasteiger partial charge in [0.2, 0.25) is 0 Å². The number of hydrogen-bond acceptors (Lipinski definition) is 1. The minimum Gasteiger partial charge on any atom is -0.335 e. The minimum atomic E-state index is 0.937. The molecule has 25 heavy (non-hydrogen) atoms. The molecular weight excluding hydrogens is 304 g/mol. The van der Waals surface area contributed by atoms with Crippen LogP contribution in [0.25, 0.3) is 0 Å². The van der Waals surface area contributed by atoms with Gasteiger partial charge < -0.3 is 4.57 Å². The molecule has 0 aliphatic carbocycles. The molecule has 1 aromatic carbocycles. The van der Waals surface area contributed by atoms with E-state index in [0.717, 1.165) is 18.8 Å². The Morgan fingerprint density at radius 2 is 1.40 bits per heavy atom. The van der Waals surface area contributed by atoms with Gasteiger partial charge in [-0.25, -0.2) is 4.98 Å². The Labute approximate surface area is 154 Å². The van der Waals surface area contributed by atoms with Crippen LogP contribution < -0.4 is 0 Å². The zero-order chi connectivity index (χ0) is 17.7. The van der Waals surface area contributed by atoms with Crippen molar-refractivity contribution in [2.24, 2.45) is 0 Å². The van der Waals surface area contributed by atoms with Gasteiger partial charge in [-0.1, -0.05) is 95.0 Å². The topological polar surface area (TPSA) is 17.8 Å². The number of imidazole rings is 1. The zero-order valence-corrected chi connectivity index (χ0v) is 16.3. The van der Waals surface area contributed by atoms with Crippen LogP contribution in [0.15, 0.2) is 36.5 Å². The number of benzene rings is 1. The van der Waals surface area contributed by atoms with Crippen molar-refractivity contribution in [1.29, 1.82) is 0 Å². The molecule has 0 fully saturated rings. The molecule has 0 N–H and O–H groups in total. The van der Waals surface area contributed by atoms with E-state index >= 15 is 0 Å². The number of nitrogens with zero attached hydrogens (tertiary/aromatic N) is 2. The Morgan fingerprint density at radius 3 is 2.04 bits per heavy atom. The molecule has 0 unspecified atom stereocenters. The fourth-order valence-electron chi connectivity index (χ4n) is 3.46. The van der Waals surface area contributed by atoms with Gasteiger partial charge in [-0.3, -0.25) is 0 Å². The van der Waals surface area contributed by atoms with Gasteiger partial charge in [0.05, 0.1) is 5.69 Å². The van der Waals surface area contributed by atoms with Crippen molar-refractivity contribution >= 4 is 0 Å². The van der Waals surface area contributed by atoms with Crippen molar-refractivity contribution in [2.75, 3.05) is 0 Å². The maximum atomic E-state index is 4.73. The molecule has 2 rings (SSSR count). The largest absolute Gasteiger partial charge is 0.335 e. The van der Waals surface area contributed by atoms with E-state index in [1.54, 1.807) is 0 Å². The number of aryl methyl sites for hydroxylation is 2. The molecule has 0 aliphatic rings. The quantitative estimate of drug-likeness (QED) is 0.371. The highest BCUT2D eigenvalue weighted by Gasteiger charge is 2.05. The molecule has 1 heterocycles. The molecule has 138 valence electrons. The molecule has 1 aromatic heterocycles. The number of unbranched alkanes of at least 4 members (excludes halogenated alkanes) is 9. The number of hydrogen-bond donors (Lipinski definition) is 0. The average molecular weight is 341 g/mol. The fourth-order valence-corrected chi connectivity index (χ4v) is 3.46. The number of rotatable bonds is 13. The van der Waals surface area contributed by atoms with E-state index < -0.39 is 0 Å². The average Bonchev–Trinajstić information content (AvgIpc) is 2.97. The van der Waals surface area contributed by atoms with Gasteiger partial charge in [0.15, 0.2) is 0 Å². The van der Waals surface area contributed by atoms with Gasteiger partial charge in [0, 0.05) is 19.2 Å². The van der Waals surface area contributed by atoms with E-state index in [-0.39, 0.29) is 0 Å². The lowest BCUT2D eigenvalue weighted by Gasteiger charge is -2.05. The van der Waals surface area contributed by atoms with E-state index in [4.69, 9.17) is 4.98 Å². The maximum absolute atomic E-state index is 4.73. The van der Waals surface area contributed by atoms with Crippen molar-refractivity contribution in [2.45, 2.75) is 91.0 Å². The van der Waals surface area contributed by atoms with Crippen LogP contribution >= 0.6 is 0 Å². The third kappa shape index (κ3) is 7.90. The maximum Gasteiger partial charge on any atom is 0.105 e. The van der Waals surface area contributed by atoms with Gasteiger partial charge in [0.25, 0.3) is 0 Å². The van der Waals surface area contributed by atoms with Gasteiger partial charge >= 0.3 is 0 Å². The summed E-state index contributed by atoms with van der Waals surface area (Å²) in [7, 11) is 0. The molecule has 0 radical (unpaired) electrons. The van der Waals surface area contributed by atoms with Gasteiger partial charge in [-0.2, -0.15) is 0 Å². The highest BCUT2D eigenvalue weighted by Crippen LogP contribution is 2.13. The molecule has 2 nitrogen and oxygen atoms in total. The second kappa shape index (κ2) is 11.9. The lowest BCUT2D eigenvalue weighted by molar-refractivity contribution is 0.531. The third-order valence-corrected chi connectivity index (χ3v) is 5.01. The molecule has 0 saturated carbocycles. The lowest BCUT2D eigenvalue weighted by Crippen LogP contribution is -1.99. The summed E-state index contributed by atoms with van der Waals surface area (Å²) in [6.07, 6.45) is 17.1. The molecule has 0 spiro atoms. The van der Waals surface area contributed by atoms with Crippen LogP contribution in [0.3, 0.4) is 0 Å². The van der Waals surface area contributed by atoms with Crippen LogP contribution in [0.1, 0.15) is 88.2 Å². The van der Waals surface area contributed by atoms with Gasteiger partial charge in [-0.15, -0.1) is 0 Å². The van der Waals surface area contributed by atoms with Crippen LogP contribution in [0.4, 0.5) is 0 Å². The number of aromatic nitrogens is 2. The first-order valence-corrected chi connectivity index (χ1v) is 10.4. The van der Waals surface area contributed by atoms with Crippen molar-refractivity contribution in [1.82, 2.24) is 9.55 Å². The summed E-state index contributed by atoms with van der Waals surface area (Å²) >= 11 is 0. The van der Waals surface area contributed by atoms with E-state index in [0.29, 0.717) is 0 Å². The van der Waals surface area contributed by atoms with E-state index in [1.807, 2.05) is 0 Å². The Morgan fingerprint density at radius 1 is 0.800 bits per heavy atom. The zero-order valence-electron chi connectivity index (χ0n) is 16.3. The van der Waals surface area contributed by atoms with Crippen molar-refractivity contribution in [3.8, 4) is 0 Å². The standard InChI is InChI=1S/C23H36N2/c1-3-4-5-6-7-8-9-10-11-15-18-25-20-23(24-21(25)2)19-22-16-13-12-14-17-22/h12-14,16-17,20H,3-11,15,18-19H2,1-2H3. The molecule has 2 aromatic rings. The Hall–Kier alpha value is -1.57. The summed E-state index contributed by atoms with van der Waals surface area (Å²) < 4.78 is 2.34. The first kappa shape index (κ1) is 19.8. The Balaban J connectivity index is 1.58. The molecule has 2 heteroatoms. The molecule has 0 atom stereocenters. The summed E-state index contributed by atoms with van der Waals surface area (Å²) in [6.45, 7) is 5.53. The predicted molar refractivity (Wildman–Crippen MR) is 108 cm³/mol. The molecule has 0 saturated heterocycles. The molecular formula is C23H36N2. The highest BCUT2D eigenvalue weighted by atomic mass is 15.1. The van der Waals surface area contributed by atoms with Crippen LogP contribution in [0, 0.1) is 6.92 Å². The summed E-state index contributed by atoms with van der Waals surface area (Å²) in [5, 5.41) is 0. The Bertz CT molecular complexity index is 571. The lowest BCUT2D eigenvalue weighted by atomic mass is 10.1. The summed E-state index contributed by atoms with van der Waals surface area (Å²) in [5.41, 5.74) is 2.53. The SMILES string of the molecule is CCCCCCCCCCCCn1cc(Cc2ccccc2)nc1C. The van der Waals surface area contributed by atoms with E-state index in [2.05, 4.69) is 54.9 Å². The van der Waals surface area contributed by atoms with Crippen LogP contribution in [-0.2, 0) is 13.0 Å². The van der Waals surface area contributed by atoms with Crippen molar-refractivity contribution < 1.29 is 0 Å². The fraction of sp³-hybridized carbons (Fsp3) is 0.609. The normalized spacial score (nSPS) is 11.1. The van der Waals surface area contributed by atoms with Crippen LogP contribution in [-0.4, -0.2) is 9.55 Å². The molecule has 0 amide bonds. The van der Waals surface area contributed by atoms with Crippen molar-refractivity contribution in [3.05, 3.63) is 53.6 Å². The van der Waals surface area contributed by atoms with Crippen LogP contribution in [0.2, 0.25) is 0 Å². The van der Waals surface area contributed by atoms with Crippen LogP contribution in [0.5, 0.6) is 0 Å². The summed E-state index contributed by atoms with van der Waals surface area (Å²) in [4.78, 5) is 4.73. The second-order valence-electron chi connectivity index (χ2n) is 7.32. The van der Waals surface area contributed by atoms with Gasteiger partial charge in [0.1, 0.15) is 5.82 Å². The summed E-state index contributed by atoms with van der Waals surface area (Å²) in [6, 6.07) is 10.6. The smallest absolute Gasteiger partial charge is 0.105 e. The minimum absolute atomic E-state index is 0.937. The summed E-state index contributed by atoms with van der Waals surface area (Å²) in [5.74, 6) is 1.15. The van der Waals surface area contributed by atoms with E-state index in [9.17, 15) is 0 Å². The monoisotopic (exact) mass is 340 g/mol. The first-order valence-electron chi connectivity index (χ1n) is 10.4. The second-order valence-corrected chi connectivity index (χ2v) is 7.32. The van der Waals surface area contributed by atoms with Crippen molar-refractivity contribution in [3.63, 3.8) is 0 Å². The van der Waals surface area contributed by atoms with Gasteiger partial charge in [-0.05, 0) is 18.9 Å². The highest BCUT2D eigenvalue weighted by molar-refractivity contribution is 5.21. The third-order valence-electron chi connectivity index (χ3n) is 5.01. The molecule has 0 bridgehead atoms. The predicted octanol–water partition coefficient (Wildman–Crippen LogP) is 6.70. The first-order chi connectivity index (χ1) is 12.3. The Kier molecular flexibility index (Phi) is 9.40. The molecule has 0 aliphatic heterocycles. The van der Waals surface area contributed by atoms with E-state index in [1.165, 1.54) is 75.5 Å².